The number of rotatable bonds is 3. The molecule has 0 N–H and O–H groups in total. The van der Waals surface area contributed by atoms with Crippen LogP contribution in [0.15, 0.2) is 41.3 Å². The van der Waals surface area contributed by atoms with Gasteiger partial charge in [0, 0.05) is 12.6 Å². The van der Waals surface area contributed by atoms with Crippen LogP contribution in [-0.4, -0.2) is 25.8 Å². The van der Waals surface area contributed by atoms with Crippen LogP contribution in [0.1, 0.15) is 44.6 Å². The molecule has 2 heterocycles. The number of aromatic nitrogens is 3. The maximum absolute atomic E-state index is 12.9. The van der Waals surface area contributed by atoms with Crippen LogP contribution >= 0.6 is 0 Å². The first kappa shape index (κ1) is 21.6. The van der Waals surface area contributed by atoms with Crippen molar-refractivity contribution in [3.05, 3.63) is 63.8 Å². The van der Waals surface area contributed by atoms with Crippen molar-refractivity contribution in [2.45, 2.75) is 52.4 Å². The number of nitrogens with zero attached hydrogens (tertiary/aromatic N) is 3. The Balaban J connectivity index is 2.04. The predicted octanol–water partition coefficient (Wildman–Crippen LogP) is 4.61. The summed E-state index contributed by atoms with van der Waals surface area (Å²) in [5.41, 5.74) is -1.32. The molecule has 0 saturated heterocycles. The van der Waals surface area contributed by atoms with Crippen molar-refractivity contribution in [1.82, 2.24) is 14.1 Å². The fraction of sp³-hybridized carbons (Fsp3) is 0.381. The monoisotopic (exact) mass is 421 g/mol. The van der Waals surface area contributed by atoms with Crippen LogP contribution in [0.25, 0.3) is 11.0 Å². The molecule has 0 unspecified atom stereocenters. The van der Waals surface area contributed by atoms with E-state index in [0.717, 1.165) is 12.1 Å². The van der Waals surface area contributed by atoms with E-state index >= 15 is 0 Å². The number of halogens is 3. The smallest absolute Gasteiger partial charge is 0.420 e. The molecule has 3 aromatic rings. The van der Waals surface area contributed by atoms with E-state index in [0.29, 0.717) is 23.3 Å². The number of imidazole rings is 1. The molecule has 0 spiro atoms. The van der Waals surface area contributed by atoms with Gasteiger partial charge in [0.05, 0.1) is 17.6 Å². The van der Waals surface area contributed by atoms with E-state index in [2.05, 4.69) is 4.98 Å². The summed E-state index contributed by atoms with van der Waals surface area (Å²) in [6.07, 6.45) is -3.28. The molecule has 2 aromatic heterocycles. The van der Waals surface area contributed by atoms with E-state index in [-0.39, 0.29) is 12.1 Å². The van der Waals surface area contributed by atoms with Gasteiger partial charge < -0.3 is 9.30 Å². The molecular formula is C21H22F3N3O3. The highest BCUT2D eigenvalue weighted by atomic mass is 19.4. The summed E-state index contributed by atoms with van der Waals surface area (Å²) in [6.45, 7) is 6.94. The lowest BCUT2D eigenvalue weighted by atomic mass is 10.1. The lowest BCUT2D eigenvalue weighted by molar-refractivity contribution is -0.137. The van der Waals surface area contributed by atoms with E-state index in [1.165, 1.54) is 27.5 Å². The molecular weight excluding hydrogens is 399 g/mol. The molecule has 0 aliphatic carbocycles. The topological polar surface area (TPSA) is 66.1 Å². The molecule has 0 radical (unpaired) electrons. The average Bonchev–Trinajstić information content (AvgIpc) is 3.02. The van der Waals surface area contributed by atoms with Crippen LogP contribution in [0, 0.1) is 0 Å². The van der Waals surface area contributed by atoms with Crippen LogP contribution in [0.2, 0.25) is 0 Å². The SMILES string of the molecule is CCc1nc2c(=O)n(Cc3cccc(C(F)(F)F)c3)ccc2n1C(=O)OC(C)(C)C. The number of hydrogen-bond acceptors (Lipinski definition) is 4. The van der Waals surface area contributed by atoms with Crippen LogP contribution in [0.5, 0.6) is 0 Å². The van der Waals surface area contributed by atoms with Gasteiger partial charge in [0.15, 0.2) is 5.52 Å². The highest BCUT2D eigenvalue weighted by Crippen LogP contribution is 2.29. The zero-order valence-corrected chi connectivity index (χ0v) is 17.1. The van der Waals surface area contributed by atoms with Crippen LogP contribution < -0.4 is 5.56 Å². The fourth-order valence-corrected chi connectivity index (χ4v) is 3.07. The lowest BCUT2D eigenvalue weighted by Gasteiger charge is -2.20. The van der Waals surface area contributed by atoms with Crippen molar-refractivity contribution < 1.29 is 22.7 Å². The Morgan fingerprint density at radius 2 is 1.87 bits per heavy atom. The second-order valence-electron chi connectivity index (χ2n) is 7.88. The molecule has 0 aliphatic rings. The number of ether oxygens (including phenoxy) is 1. The van der Waals surface area contributed by atoms with Crippen LogP contribution in [0.3, 0.4) is 0 Å². The summed E-state index contributed by atoms with van der Waals surface area (Å²) in [7, 11) is 0. The summed E-state index contributed by atoms with van der Waals surface area (Å²) >= 11 is 0. The minimum atomic E-state index is -4.47. The third kappa shape index (κ3) is 4.39. The summed E-state index contributed by atoms with van der Waals surface area (Å²) in [4.78, 5) is 29.8. The molecule has 0 fully saturated rings. The number of alkyl halides is 3. The minimum Gasteiger partial charge on any atom is -0.443 e. The van der Waals surface area contributed by atoms with Gasteiger partial charge in [-0.3, -0.25) is 4.79 Å². The van der Waals surface area contributed by atoms with Gasteiger partial charge in [-0.25, -0.2) is 14.3 Å². The molecule has 0 saturated carbocycles. The molecule has 9 heteroatoms. The Morgan fingerprint density at radius 1 is 1.17 bits per heavy atom. The number of carbonyl (C=O) groups is 1. The molecule has 30 heavy (non-hydrogen) atoms. The Kier molecular flexibility index (Phi) is 5.49. The van der Waals surface area contributed by atoms with Crippen molar-refractivity contribution in [3.63, 3.8) is 0 Å². The van der Waals surface area contributed by atoms with Crippen molar-refractivity contribution in [3.8, 4) is 0 Å². The Morgan fingerprint density at radius 3 is 2.47 bits per heavy atom. The highest BCUT2D eigenvalue weighted by molar-refractivity contribution is 5.87. The van der Waals surface area contributed by atoms with Crippen molar-refractivity contribution in [1.29, 1.82) is 0 Å². The maximum atomic E-state index is 12.9. The van der Waals surface area contributed by atoms with Crippen LogP contribution in [0.4, 0.5) is 18.0 Å². The van der Waals surface area contributed by atoms with Gasteiger partial charge in [-0.15, -0.1) is 0 Å². The zero-order valence-electron chi connectivity index (χ0n) is 17.1. The number of hydrogen-bond donors (Lipinski definition) is 0. The highest BCUT2D eigenvalue weighted by Gasteiger charge is 2.30. The maximum Gasteiger partial charge on any atom is 0.420 e. The van der Waals surface area contributed by atoms with Gasteiger partial charge >= 0.3 is 12.3 Å². The van der Waals surface area contributed by atoms with Gasteiger partial charge in [-0.05, 0) is 44.5 Å². The number of fused-ring (bicyclic) bond motifs is 1. The molecule has 6 nitrogen and oxygen atoms in total. The second kappa shape index (κ2) is 7.62. The number of carbonyl (C=O) groups excluding carboxylic acids is 1. The first-order chi connectivity index (χ1) is 13.9. The van der Waals surface area contributed by atoms with E-state index in [1.54, 1.807) is 33.8 Å². The summed E-state index contributed by atoms with van der Waals surface area (Å²) in [5.74, 6) is 0.369. The largest absolute Gasteiger partial charge is 0.443 e. The summed E-state index contributed by atoms with van der Waals surface area (Å²) < 4.78 is 46.8. The number of aryl methyl sites for hydroxylation is 1. The van der Waals surface area contributed by atoms with Gasteiger partial charge in [-0.1, -0.05) is 19.1 Å². The van der Waals surface area contributed by atoms with Crippen LogP contribution in [-0.2, 0) is 23.9 Å². The van der Waals surface area contributed by atoms with E-state index in [9.17, 15) is 22.8 Å². The Hall–Kier alpha value is -3.10. The van der Waals surface area contributed by atoms with Gasteiger partial charge in [0.25, 0.3) is 5.56 Å². The van der Waals surface area contributed by atoms with E-state index < -0.39 is 29.0 Å². The standard InChI is InChI=1S/C21H22F3N3O3/c1-5-16-25-17-15(27(16)19(29)30-20(2,3)4)9-10-26(18(17)28)12-13-7-6-8-14(11-13)21(22,23)24/h6-11H,5,12H2,1-4H3. The number of pyridine rings is 1. The normalized spacial score (nSPS) is 12.4. The number of benzene rings is 1. The van der Waals surface area contributed by atoms with Crippen molar-refractivity contribution >= 4 is 17.1 Å². The predicted molar refractivity (Wildman–Crippen MR) is 106 cm³/mol. The van der Waals surface area contributed by atoms with E-state index in [4.69, 9.17) is 4.74 Å². The van der Waals surface area contributed by atoms with Gasteiger partial charge in [0.2, 0.25) is 0 Å². The van der Waals surface area contributed by atoms with E-state index in [1.807, 2.05) is 0 Å². The molecule has 0 bridgehead atoms. The third-order valence-electron chi connectivity index (χ3n) is 4.36. The Bertz CT molecular complexity index is 1150. The summed E-state index contributed by atoms with van der Waals surface area (Å²) in [6, 6.07) is 6.34. The minimum absolute atomic E-state index is 0.0561. The van der Waals surface area contributed by atoms with Gasteiger partial charge in [0.1, 0.15) is 11.4 Å². The molecule has 3 rings (SSSR count). The third-order valence-corrected chi connectivity index (χ3v) is 4.36. The average molecular weight is 421 g/mol. The first-order valence-corrected chi connectivity index (χ1v) is 9.41. The molecule has 160 valence electrons. The second-order valence-corrected chi connectivity index (χ2v) is 7.88. The quantitative estimate of drug-likeness (QED) is 0.620. The molecule has 0 atom stereocenters. The van der Waals surface area contributed by atoms with Crippen molar-refractivity contribution in [2.75, 3.05) is 0 Å². The summed E-state index contributed by atoms with van der Waals surface area (Å²) in [5, 5.41) is 0. The molecule has 0 amide bonds. The Labute approximate surface area is 170 Å². The molecule has 0 aliphatic heterocycles. The molecule has 1 aromatic carbocycles. The lowest BCUT2D eigenvalue weighted by Crippen LogP contribution is -2.28. The zero-order chi connectivity index (χ0) is 22.3. The fourth-order valence-electron chi connectivity index (χ4n) is 3.07. The van der Waals surface area contributed by atoms with Gasteiger partial charge in [-0.2, -0.15) is 13.2 Å². The van der Waals surface area contributed by atoms with Crippen molar-refractivity contribution in [2.24, 2.45) is 0 Å². The first-order valence-electron chi connectivity index (χ1n) is 9.41.